The minimum absolute atomic E-state index is 0.0211. The van der Waals surface area contributed by atoms with E-state index < -0.39 is 15.8 Å². The van der Waals surface area contributed by atoms with Crippen molar-refractivity contribution >= 4 is 27.3 Å². The third-order valence-electron chi connectivity index (χ3n) is 5.19. The topological polar surface area (TPSA) is 79.8 Å². The van der Waals surface area contributed by atoms with Crippen LogP contribution in [-0.4, -0.2) is 54.7 Å². The molecule has 4 rings (SSSR count). The number of halogens is 2. The fraction of sp³-hybridized carbons (Fsp3) is 0.273. The highest BCUT2D eigenvalue weighted by Gasteiger charge is 2.31. The number of piperazine rings is 1. The Labute approximate surface area is 194 Å². The monoisotopic (exact) mass is 493 g/mol. The Morgan fingerprint density at radius 1 is 1.00 bits per heavy atom. The summed E-state index contributed by atoms with van der Waals surface area (Å²) in [6.45, 7) is 2.64. The first kappa shape index (κ1) is 23.3. The van der Waals surface area contributed by atoms with Gasteiger partial charge in [0.05, 0.1) is 10.6 Å². The minimum Gasteiger partial charge on any atom is -0.486 e. The van der Waals surface area contributed by atoms with E-state index in [1.165, 1.54) is 52.0 Å². The Hall–Kier alpha value is -2.89. The second kappa shape index (κ2) is 9.54. The molecule has 3 aromatic rings. The largest absolute Gasteiger partial charge is 0.486 e. The fourth-order valence-corrected chi connectivity index (χ4v) is 5.79. The van der Waals surface area contributed by atoms with E-state index in [9.17, 15) is 22.0 Å². The van der Waals surface area contributed by atoms with Crippen LogP contribution in [0.1, 0.15) is 20.4 Å². The van der Waals surface area contributed by atoms with Crippen LogP contribution in [0, 0.1) is 18.6 Å². The molecule has 1 aromatic heterocycles. The summed E-state index contributed by atoms with van der Waals surface area (Å²) in [5.74, 6) is -0.579. The molecule has 0 spiro atoms. The normalized spacial score (nSPS) is 14.9. The molecule has 174 valence electrons. The Balaban J connectivity index is 1.37. The lowest BCUT2D eigenvalue weighted by Gasteiger charge is -2.33. The second-order valence-corrected chi connectivity index (χ2v) is 10.4. The lowest BCUT2D eigenvalue weighted by molar-refractivity contribution is 0.0702. The smallest absolute Gasteiger partial charge is 0.265 e. The summed E-state index contributed by atoms with van der Waals surface area (Å²) >= 11 is 1.22. The number of hydrogen-bond donors (Lipinski definition) is 0. The van der Waals surface area contributed by atoms with E-state index in [2.05, 4.69) is 4.98 Å². The van der Waals surface area contributed by atoms with E-state index in [1.54, 1.807) is 11.8 Å². The van der Waals surface area contributed by atoms with Crippen molar-refractivity contribution < 1.29 is 26.7 Å². The summed E-state index contributed by atoms with van der Waals surface area (Å²) in [6.07, 6.45) is 0. The maximum atomic E-state index is 13.1. The van der Waals surface area contributed by atoms with Crippen LogP contribution >= 0.6 is 11.3 Å². The number of carbonyl (C=O) groups excluding carboxylic acids is 1. The van der Waals surface area contributed by atoms with Crippen molar-refractivity contribution in [1.29, 1.82) is 0 Å². The molecule has 33 heavy (non-hydrogen) atoms. The Bertz CT molecular complexity index is 1240. The first-order valence-electron chi connectivity index (χ1n) is 10.1. The molecule has 2 aromatic carbocycles. The van der Waals surface area contributed by atoms with Crippen molar-refractivity contribution in [1.82, 2.24) is 14.2 Å². The highest BCUT2D eigenvalue weighted by atomic mass is 32.2. The van der Waals surface area contributed by atoms with Crippen LogP contribution in [0.2, 0.25) is 0 Å². The number of thiazole rings is 1. The quantitative estimate of drug-likeness (QED) is 0.526. The number of aryl methyl sites for hydroxylation is 1. The Morgan fingerprint density at radius 2 is 1.58 bits per heavy atom. The van der Waals surface area contributed by atoms with Crippen LogP contribution in [0.5, 0.6) is 5.75 Å². The third kappa shape index (κ3) is 5.21. The second-order valence-electron chi connectivity index (χ2n) is 7.41. The third-order valence-corrected chi connectivity index (χ3v) is 8.22. The molecule has 0 aliphatic carbocycles. The van der Waals surface area contributed by atoms with E-state index >= 15 is 0 Å². The van der Waals surface area contributed by atoms with Crippen LogP contribution < -0.4 is 4.74 Å². The van der Waals surface area contributed by atoms with Gasteiger partial charge in [0.2, 0.25) is 10.0 Å². The zero-order chi connectivity index (χ0) is 23.6. The van der Waals surface area contributed by atoms with Gasteiger partial charge >= 0.3 is 0 Å². The van der Waals surface area contributed by atoms with E-state index in [0.717, 1.165) is 12.1 Å². The molecule has 1 fully saturated rings. The van der Waals surface area contributed by atoms with Gasteiger partial charge in [0.25, 0.3) is 5.91 Å². The maximum absolute atomic E-state index is 13.1. The molecule has 0 radical (unpaired) electrons. The number of amides is 1. The molecule has 0 N–H and O–H groups in total. The summed E-state index contributed by atoms with van der Waals surface area (Å²) in [4.78, 5) is 19.5. The zero-order valence-corrected chi connectivity index (χ0v) is 19.3. The number of rotatable bonds is 6. The first-order valence-corrected chi connectivity index (χ1v) is 12.4. The van der Waals surface area contributed by atoms with Gasteiger partial charge < -0.3 is 9.64 Å². The van der Waals surface area contributed by atoms with Gasteiger partial charge in [0, 0.05) is 26.2 Å². The lowest BCUT2D eigenvalue weighted by Crippen LogP contribution is -2.50. The molecule has 2 heterocycles. The highest BCUT2D eigenvalue weighted by Crippen LogP contribution is 2.24. The SMILES string of the molecule is Cc1nc(COc2ccc(F)cc2)sc1C(=O)N1CCN(S(=O)(=O)c2ccc(F)cc2)CC1. The van der Waals surface area contributed by atoms with Gasteiger partial charge in [-0.15, -0.1) is 11.3 Å². The van der Waals surface area contributed by atoms with Gasteiger partial charge in [0.1, 0.15) is 33.9 Å². The molecule has 0 bridgehead atoms. The number of hydrogen-bond acceptors (Lipinski definition) is 6. The number of carbonyl (C=O) groups is 1. The van der Waals surface area contributed by atoms with Crippen molar-refractivity contribution in [2.75, 3.05) is 26.2 Å². The minimum atomic E-state index is -3.75. The molecule has 1 aliphatic heterocycles. The number of aromatic nitrogens is 1. The van der Waals surface area contributed by atoms with E-state index in [4.69, 9.17) is 4.74 Å². The predicted octanol–water partition coefficient (Wildman–Crippen LogP) is 3.46. The summed E-state index contributed by atoms with van der Waals surface area (Å²) in [6, 6.07) is 10.3. The van der Waals surface area contributed by atoms with Gasteiger partial charge in [0.15, 0.2) is 0 Å². The molecule has 1 aliphatic rings. The van der Waals surface area contributed by atoms with Gasteiger partial charge in [-0.25, -0.2) is 22.2 Å². The van der Waals surface area contributed by atoms with Crippen LogP contribution in [0.4, 0.5) is 8.78 Å². The molecule has 11 heteroatoms. The van der Waals surface area contributed by atoms with Crippen LogP contribution in [-0.2, 0) is 16.6 Å². The summed E-state index contributed by atoms with van der Waals surface area (Å²) in [7, 11) is -3.75. The molecule has 1 saturated heterocycles. The van der Waals surface area contributed by atoms with Gasteiger partial charge in [-0.1, -0.05) is 0 Å². The van der Waals surface area contributed by atoms with Crippen LogP contribution in [0.15, 0.2) is 53.4 Å². The number of benzene rings is 2. The summed E-state index contributed by atoms with van der Waals surface area (Å²) in [5.41, 5.74) is 0.573. The van der Waals surface area contributed by atoms with Gasteiger partial charge in [-0.3, -0.25) is 4.79 Å². The van der Waals surface area contributed by atoms with E-state index in [1.807, 2.05) is 0 Å². The van der Waals surface area contributed by atoms with Crippen molar-refractivity contribution in [2.45, 2.75) is 18.4 Å². The summed E-state index contributed by atoms with van der Waals surface area (Å²) < 4.78 is 58.6. The highest BCUT2D eigenvalue weighted by molar-refractivity contribution is 7.89. The average Bonchev–Trinajstić information content (AvgIpc) is 3.19. The molecule has 1 amide bonds. The fourth-order valence-electron chi connectivity index (χ4n) is 3.42. The van der Waals surface area contributed by atoms with Gasteiger partial charge in [-0.05, 0) is 55.5 Å². The van der Waals surface area contributed by atoms with Crippen molar-refractivity contribution in [3.63, 3.8) is 0 Å². The van der Waals surface area contributed by atoms with Crippen molar-refractivity contribution in [3.8, 4) is 5.75 Å². The summed E-state index contributed by atoms with van der Waals surface area (Å²) in [5, 5.41) is 0.609. The molecule has 0 unspecified atom stereocenters. The number of sulfonamides is 1. The van der Waals surface area contributed by atoms with Gasteiger partial charge in [-0.2, -0.15) is 4.31 Å². The molecular formula is C22H21F2N3O4S2. The maximum Gasteiger partial charge on any atom is 0.265 e. The van der Waals surface area contributed by atoms with E-state index in [0.29, 0.717) is 21.3 Å². The predicted molar refractivity (Wildman–Crippen MR) is 119 cm³/mol. The zero-order valence-electron chi connectivity index (χ0n) is 17.7. The Morgan fingerprint density at radius 3 is 2.18 bits per heavy atom. The van der Waals surface area contributed by atoms with E-state index in [-0.39, 0.29) is 49.4 Å². The molecule has 7 nitrogen and oxygen atoms in total. The van der Waals surface area contributed by atoms with Crippen LogP contribution in [0.25, 0.3) is 0 Å². The van der Waals surface area contributed by atoms with Crippen molar-refractivity contribution in [3.05, 3.63) is 75.7 Å². The Kier molecular flexibility index (Phi) is 6.73. The van der Waals surface area contributed by atoms with Crippen molar-refractivity contribution in [2.24, 2.45) is 0 Å². The standard InChI is InChI=1S/C22H21F2N3O4S2/c1-15-21(32-20(25-15)14-31-18-6-2-16(23)3-7-18)22(28)26-10-12-27(13-11-26)33(29,30)19-8-4-17(24)5-9-19/h2-9H,10-14H2,1H3. The number of nitrogens with zero attached hydrogens (tertiary/aromatic N) is 3. The molecular weight excluding hydrogens is 472 g/mol. The molecule has 0 atom stereocenters. The first-order chi connectivity index (χ1) is 15.7. The van der Waals surface area contributed by atoms with Crippen LogP contribution in [0.3, 0.4) is 0 Å². The average molecular weight is 494 g/mol. The lowest BCUT2D eigenvalue weighted by atomic mass is 10.3. The number of ether oxygens (including phenoxy) is 1. The molecule has 0 saturated carbocycles.